The van der Waals surface area contributed by atoms with E-state index in [1.54, 1.807) is 12.1 Å². The van der Waals surface area contributed by atoms with Crippen molar-refractivity contribution in [3.05, 3.63) is 71.2 Å². The van der Waals surface area contributed by atoms with Crippen molar-refractivity contribution >= 4 is 29.2 Å². The van der Waals surface area contributed by atoms with Gasteiger partial charge in [-0.1, -0.05) is 24.3 Å². The fraction of sp³-hybridized carbons (Fsp3) is 0.211. The molecule has 2 aromatic carbocycles. The molecule has 0 radical (unpaired) electrons. The number of rotatable bonds is 3. The molecule has 0 aliphatic heterocycles. The second-order valence-electron chi connectivity index (χ2n) is 6.16. The maximum absolute atomic E-state index is 13.3. The number of aromatic amines is 1. The van der Waals surface area contributed by atoms with Crippen molar-refractivity contribution in [3.8, 4) is 0 Å². The lowest BCUT2D eigenvalue weighted by Gasteiger charge is -2.21. The number of benzene rings is 2. The standard InChI is InChI=1S/C19H18FN3O.ClH/c1-21-18-14-5-3-2-4-11(14)9-16(18)23-19(24)17-10-12-8-13(20)6-7-15(12)22-17;/h2-8,10,16,18,21-22H,9H2,1H3,(H,23,24);1H/t16-,18+;/m1./s1. The Kier molecular flexibility index (Phi) is 4.79. The number of likely N-dealkylation sites (N-methyl/N-ethyl adjacent to an activating group) is 1. The summed E-state index contributed by atoms with van der Waals surface area (Å²) in [7, 11) is 1.90. The summed E-state index contributed by atoms with van der Waals surface area (Å²) >= 11 is 0. The Morgan fingerprint density at radius 1 is 1.20 bits per heavy atom. The molecule has 6 heteroatoms. The van der Waals surface area contributed by atoms with E-state index in [0.717, 1.165) is 11.9 Å². The molecule has 0 saturated heterocycles. The zero-order valence-electron chi connectivity index (χ0n) is 13.7. The summed E-state index contributed by atoms with van der Waals surface area (Å²) in [4.78, 5) is 15.7. The molecule has 25 heavy (non-hydrogen) atoms. The molecule has 130 valence electrons. The van der Waals surface area contributed by atoms with Crippen LogP contribution in [0.5, 0.6) is 0 Å². The highest BCUT2D eigenvalue weighted by molar-refractivity contribution is 5.98. The zero-order chi connectivity index (χ0) is 16.7. The second kappa shape index (κ2) is 6.86. The summed E-state index contributed by atoms with van der Waals surface area (Å²) in [5.74, 6) is -0.486. The Morgan fingerprint density at radius 2 is 2.00 bits per heavy atom. The normalized spacial score (nSPS) is 18.6. The average molecular weight is 360 g/mol. The smallest absolute Gasteiger partial charge is 0.268 e. The van der Waals surface area contributed by atoms with Gasteiger partial charge < -0.3 is 15.6 Å². The van der Waals surface area contributed by atoms with Crippen molar-refractivity contribution in [1.29, 1.82) is 0 Å². The number of carbonyl (C=O) groups excluding carboxylic acids is 1. The molecule has 2 atom stereocenters. The Labute approximate surface area is 151 Å². The van der Waals surface area contributed by atoms with Crippen LogP contribution in [0, 0.1) is 5.82 Å². The average Bonchev–Trinajstić information content (AvgIpc) is 3.14. The first kappa shape index (κ1) is 17.5. The van der Waals surface area contributed by atoms with Gasteiger partial charge in [0.1, 0.15) is 11.5 Å². The minimum absolute atomic E-state index is 0. The van der Waals surface area contributed by atoms with Gasteiger partial charge in [-0.2, -0.15) is 0 Å². The molecule has 0 bridgehead atoms. The number of H-pyrrole nitrogens is 1. The Morgan fingerprint density at radius 3 is 2.80 bits per heavy atom. The predicted octanol–water partition coefficient (Wildman–Crippen LogP) is 3.34. The van der Waals surface area contributed by atoms with Gasteiger partial charge in [-0.25, -0.2) is 4.39 Å². The number of hydrogen-bond acceptors (Lipinski definition) is 2. The van der Waals surface area contributed by atoms with E-state index < -0.39 is 0 Å². The molecule has 0 spiro atoms. The highest BCUT2D eigenvalue weighted by Crippen LogP contribution is 2.31. The van der Waals surface area contributed by atoms with Gasteiger partial charge in [-0.15, -0.1) is 12.4 Å². The first-order valence-corrected chi connectivity index (χ1v) is 8.00. The molecule has 3 N–H and O–H groups in total. The lowest BCUT2D eigenvalue weighted by Crippen LogP contribution is -2.41. The summed E-state index contributed by atoms with van der Waals surface area (Å²) in [5.41, 5.74) is 3.67. The molecule has 0 fully saturated rings. The molecule has 0 saturated carbocycles. The van der Waals surface area contributed by atoms with Crippen molar-refractivity contribution in [2.24, 2.45) is 0 Å². The summed E-state index contributed by atoms with van der Waals surface area (Å²) in [6, 6.07) is 14.4. The fourth-order valence-corrected chi connectivity index (χ4v) is 3.56. The van der Waals surface area contributed by atoms with Gasteiger partial charge in [0.05, 0.1) is 12.1 Å². The number of aromatic nitrogens is 1. The maximum Gasteiger partial charge on any atom is 0.268 e. The van der Waals surface area contributed by atoms with Crippen LogP contribution in [0.1, 0.15) is 27.7 Å². The number of carbonyl (C=O) groups is 1. The third-order valence-corrected chi connectivity index (χ3v) is 4.69. The third kappa shape index (κ3) is 3.13. The van der Waals surface area contributed by atoms with Crippen LogP contribution in [0.2, 0.25) is 0 Å². The van der Waals surface area contributed by atoms with Crippen molar-refractivity contribution in [2.75, 3.05) is 7.05 Å². The molecule has 1 aromatic heterocycles. The predicted molar refractivity (Wildman–Crippen MR) is 98.7 cm³/mol. The summed E-state index contributed by atoms with van der Waals surface area (Å²) < 4.78 is 13.3. The monoisotopic (exact) mass is 359 g/mol. The van der Waals surface area contributed by atoms with Crippen LogP contribution in [-0.2, 0) is 6.42 Å². The first-order valence-electron chi connectivity index (χ1n) is 8.00. The van der Waals surface area contributed by atoms with Crippen molar-refractivity contribution in [1.82, 2.24) is 15.6 Å². The summed E-state index contributed by atoms with van der Waals surface area (Å²) in [6.07, 6.45) is 0.794. The molecule has 3 aromatic rings. The number of nitrogens with one attached hydrogen (secondary N) is 3. The lowest BCUT2D eigenvalue weighted by atomic mass is 10.1. The second-order valence-corrected chi connectivity index (χ2v) is 6.16. The van der Waals surface area contributed by atoms with Crippen LogP contribution in [0.3, 0.4) is 0 Å². The SMILES string of the molecule is CN[C@H]1c2ccccc2C[C@H]1NC(=O)c1cc2cc(F)ccc2[nH]1.Cl. The van der Waals surface area contributed by atoms with Crippen LogP contribution in [-0.4, -0.2) is 24.0 Å². The molecule has 4 rings (SSSR count). The molecule has 1 aliphatic carbocycles. The van der Waals surface area contributed by atoms with Crippen LogP contribution < -0.4 is 10.6 Å². The molecule has 1 aliphatic rings. The van der Waals surface area contributed by atoms with Crippen molar-refractivity contribution in [2.45, 2.75) is 18.5 Å². The number of amides is 1. The Bertz CT molecular complexity index is 924. The van der Waals surface area contributed by atoms with E-state index in [2.05, 4.69) is 27.8 Å². The fourth-order valence-electron chi connectivity index (χ4n) is 3.56. The number of halogens is 2. The van der Waals surface area contributed by atoms with Gasteiger partial charge in [0.15, 0.2) is 0 Å². The topological polar surface area (TPSA) is 56.9 Å². The molecule has 0 unspecified atom stereocenters. The van der Waals surface area contributed by atoms with Crippen LogP contribution in [0.15, 0.2) is 48.5 Å². The molecular weight excluding hydrogens is 341 g/mol. The van der Waals surface area contributed by atoms with E-state index in [9.17, 15) is 9.18 Å². The van der Waals surface area contributed by atoms with Crippen molar-refractivity contribution < 1.29 is 9.18 Å². The minimum Gasteiger partial charge on any atom is -0.351 e. The maximum atomic E-state index is 13.3. The van der Waals surface area contributed by atoms with E-state index in [1.165, 1.54) is 23.3 Å². The summed E-state index contributed by atoms with van der Waals surface area (Å²) in [6.45, 7) is 0. The van der Waals surface area contributed by atoms with Gasteiger partial charge in [-0.05, 0) is 48.9 Å². The van der Waals surface area contributed by atoms with Crippen LogP contribution in [0.25, 0.3) is 10.9 Å². The largest absolute Gasteiger partial charge is 0.351 e. The van der Waals surface area contributed by atoms with Gasteiger partial charge in [0, 0.05) is 10.9 Å². The van der Waals surface area contributed by atoms with Crippen LogP contribution >= 0.6 is 12.4 Å². The Balaban J connectivity index is 0.00000182. The van der Waals surface area contributed by atoms with Gasteiger partial charge in [0.25, 0.3) is 5.91 Å². The van der Waals surface area contributed by atoms with E-state index in [-0.39, 0.29) is 36.2 Å². The van der Waals surface area contributed by atoms with E-state index in [1.807, 2.05) is 19.2 Å². The minimum atomic E-state index is -0.310. The van der Waals surface area contributed by atoms with E-state index in [4.69, 9.17) is 0 Å². The quantitative estimate of drug-likeness (QED) is 0.671. The van der Waals surface area contributed by atoms with Gasteiger partial charge in [0.2, 0.25) is 0 Å². The first-order chi connectivity index (χ1) is 11.7. The number of hydrogen-bond donors (Lipinski definition) is 3. The molecule has 1 amide bonds. The number of fused-ring (bicyclic) bond motifs is 2. The molecule has 1 heterocycles. The third-order valence-electron chi connectivity index (χ3n) is 4.69. The highest BCUT2D eigenvalue weighted by atomic mass is 35.5. The van der Waals surface area contributed by atoms with E-state index >= 15 is 0 Å². The van der Waals surface area contributed by atoms with Crippen molar-refractivity contribution in [3.63, 3.8) is 0 Å². The molecule has 4 nitrogen and oxygen atoms in total. The Hall–Kier alpha value is -2.37. The van der Waals surface area contributed by atoms with Gasteiger partial charge >= 0.3 is 0 Å². The lowest BCUT2D eigenvalue weighted by molar-refractivity contribution is 0.0926. The van der Waals surface area contributed by atoms with Crippen LogP contribution in [0.4, 0.5) is 4.39 Å². The zero-order valence-corrected chi connectivity index (χ0v) is 14.5. The summed E-state index contributed by atoms with van der Waals surface area (Å²) in [5, 5.41) is 7.07. The molecular formula is C19H19ClFN3O. The van der Waals surface area contributed by atoms with E-state index in [0.29, 0.717) is 11.1 Å². The highest BCUT2D eigenvalue weighted by Gasteiger charge is 2.32. The van der Waals surface area contributed by atoms with Gasteiger partial charge in [-0.3, -0.25) is 4.79 Å².